The van der Waals surface area contributed by atoms with Crippen molar-refractivity contribution >= 4 is 29.2 Å². The molecule has 2 saturated heterocycles. The Balaban J connectivity index is 0.851. The average Bonchev–Trinajstić information content (AvgIpc) is 3.17. The fourth-order valence-corrected chi connectivity index (χ4v) is 7.05. The van der Waals surface area contributed by atoms with Crippen LogP contribution < -0.4 is 15.5 Å². The SMILES string of the molecule is O=C(NC1CCN(c2ccc(CN3CCC(NC(=O)c4cccc(-c5ccnnc5)c4Cl)CC3)cn2)CC1)c1cccc(-c2cccnc2)c1. The summed E-state index contributed by atoms with van der Waals surface area (Å²) >= 11 is 6.65. The van der Waals surface area contributed by atoms with Crippen LogP contribution in [-0.4, -0.2) is 75.1 Å². The van der Waals surface area contributed by atoms with Crippen LogP contribution in [0.25, 0.3) is 22.3 Å². The summed E-state index contributed by atoms with van der Waals surface area (Å²) in [4.78, 5) is 39.9. The number of carbonyl (C=O) groups is 2. The van der Waals surface area contributed by atoms with Crippen molar-refractivity contribution < 1.29 is 9.59 Å². The number of carbonyl (C=O) groups excluding carboxylic acids is 2. The lowest BCUT2D eigenvalue weighted by atomic mass is 10.0. The zero-order chi connectivity index (χ0) is 34.3. The molecule has 10 nitrogen and oxygen atoms in total. The van der Waals surface area contributed by atoms with Crippen LogP contribution in [0.15, 0.2) is 104 Å². The molecule has 2 N–H and O–H groups in total. The number of anilines is 1. The van der Waals surface area contributed by atoms with Gasteiger partial charge in [-0.1, -0.05) is 48.0 Å². The van der Waals surface area contributed by atoms with Crippen LogP contribution in [-0.2, 0) is 6.54 Å². The first-order chi connectivity index (χ1) is 24.5. The third-order valence-electron chi connectivity index (χ3n) is 9.55. The van der Waals surface area contributed by atoms with E-state index in [-0.39, 0.29) is 23.9 Å². The lowest BCUT2D eigenvalue weighted by Gasteiger charge is -2.34. The standard InChI is InChI=1S/C39H39ClN8O2/c40-37-34(31-11-17-43-44-25-31)7-2-8-35(37)39(50)46-32-12-18-47(19-13-32)26-27-9-10-36(42-23-27)48-20-14-33(15-21-48)45-38(49)29-5-1-4-28(22-29)30-6-3-16-41-24-30/h1-11,16-17,22-25,32-33H,12-15,18-21,26H2,(H,45,49)(H,46,50). The number of pyridine rings is 2. The average molecular weight is 687 g/mol. The summed E-state index contributed by atoms with van der Waals surface area (Å²) in [5, 5.41) is 14.6. The molecule has 0 aliphatic carbocycles. The summed E-state index contributed by atoms with van der Waals surface area (Å²) in [6.45, 7) is 4.26. The number of halogens is 1. The van der Waals surface area contributed by atoms with E-state index < -0.39 is 0 Å². The Bertz CT molecular complexity index is 1910. The quantitative estimate of drug-likeness (QED) is 0.193. The summed E-state index contributed by atoms with van der Waals surface area (Å²) in [7, 11) is 0. The largest absolute Gasteiger partial charge is 0.356 e. The Morgan fingerprint density at radius 1 is 0.720 bits per heavy atom. The molecule has 2 aromatic carbocycles. The number of benzene rings is 2. The second-order valence-corrected chi connectivity index (χ2v) is 13.3. The molecule has 50 heavy (non-hydrogen) atoms. The van der Waals surface area contributed by atoms with Gasteiger partial charge >= 0.3 is 0 Å². The van der Waals surface area contributed by atoms with Gasteiger partial charge in [-0.3, -0.25) is 19.5 Å². The fraction of sp³-hybridized carbons (Fsp3) is 0.282. The third-order valence-corrected chi connectivity index (χ3v) is 9.96. The van der Waals surface area contributed by atoms with Crippen molar-refractivity contribution in [3.63, 3.8) is 0 Å². The van der Waals surface area contributed by atoms with Crippen LogP contribution in [0.5, 0.6) is 0 Å². The molecule has 7 rings (SSSR count). The number of amides is 2. The van der Waals surface area contributed by atoms with E-state index in [1.54, 1.807) is 24.7 Å². The van der Waals surface area contributed by atoms with Gasteiger partial charge in [0.1, 0.15) is 5.82 Å². The first kappa shape index (κ1) is 33.3. The maximum Gasteiger partial charge on any atom is 0.253 e. The minimum Gasteiger partial charge on any atom is -0.356 e. The number of nitrogens with zero attached hydrogens (tertiary/aromatic N) is 6. The van der Waals surface area contributed by atoms with Crippen LogP contribution >= 0.6 is 11.6 Å². The summed E-state index contributed by atoms with van der Waals surface area (Å²) in [5.41, 5.74) is 5.84. The lowest BCUT2D eigenvalue weighted by Crippen LogP contribution is -2.45. The molecule has 5 aromatic rings. The van der Waals surface area contributed by atoms with Crippen LogP contribution in [0.4, 0.5) is 5.82 Å². The molecule has 0 bridgehead atoms. The number of nitrogens with one attached hydrogen (secondary N) is 2. The fourth-order valence-electron chi connectivity index (χ4n) is 6.73. The first-order valence-corrected chi connectivity index (χ1v) is 17.5. The van der Waals surface area contributed by atoms with Gasteiger partial charge in [-0.2, -0.15) is 10.2 Å². The zero-order valence-corrected chi connectivity index (χ0v) is 28.5. The van der Waals surface area contributed by atoms with E-state index in [2.05, 4.69) is 47.7 Å². The Labute approximate surface area is 296 Å². The molecule has 2 aliphatic rings. The van der Waals surface area contributed by atoms with Crippen molar-refractivity contribution in [1.82, 2.24) is 35.7 Å². The maximum absolute atomic E-state index is 13.2. The third kappa shape index (κ3) is 7.98. The van der Waals surface area contributed by atoms with Crippen molar-refractivity contribution in [2.75, 3.05) is 31.1 Å². The van der Waals surface area contributed by atoms with E-state index in [0.717, 1.165) is 86.5 Å². The molecule has 0 saturated carbocycles. The number of aromatic nitrogens is 4. The van der Waals surface area contributed by atoms with Crippen molar-refractivity contribution in [3.05, 3.63) is 125 Å². The van der Waals surface area contributed by atoms with Gasteiger partial charge in [0.05, 0.1) is 23.0 Å². The minimum atomic E-state index is -0.157. The second kappa shape index (κ2) is 15.6. The molecule has 0 unspecified atom stereocenters. The topological polar surface area (TPSA) is 116 Å². The normalized spacial score (nSPS) is 15.8. The van der Waals surface area contributed by atoms with E-state index in [1.165, 1.54) is 5.56 Å². The second-order valence-electron chi connectivity index (χ2n) is 12.9. The highest BCUT2D eigenvalue weighted by molar-refractivity contribution is 6.36. The van der Waals surface area contributed by atoms with E-state index in [4.69, 9.17) is 16.6 Å². The van der Waals surface area contributed by atoms with E-state index in [9.17, 15) is 9.59 Å². The highest BCUT2D eigenvalue weighted by Crippen LogP contribution is 2.30. The van der Waals surface area contributed by atoms with Gasteiger partial charge in [0.2, 0.25) is 0 Å². The van der Waals surface area contributed by atoms with Gasteiger partial charge in [0, 0.05) is 85.7 Å². The van der Waals surface area contributed by atoms with Crippen molar-refractivity contribution in [3.8, 4) is 22.3 Å². The van der Waals surface area contributed by atoms with Crippen molar-refractivity contribution in [2.24, 2.45) is 0 Å². The lowest BCUT2D eigenvalue weighted by molar-refractivity contribution is 0.0906. The summed E-state index contributed by atoms with van der Waals surface area (Å²) in [5.74, 6) is 0.763. The Morgan fingerprint density at radius 2 is 1.48 bits per heavy atom. The summed E-state index contributed by atoms with van der Waals surface area (Å²) < 4.78 is 0. The molecule has 2 aliphatic heterocycles. The molecule has 0 atom stereocenters. The molecule has 2 amide bonds. The highest BCUT2D eigenvalue weighted by atomic mass is 35.5. The predicted molar refractivity (Wildman–Crippen MR) is 195 cm³/mol. The Morgan fingerprint density at radius 3 is 2.20 bits per heavy atom. The number of piperidine rings is 2. The molecule has 254 valence electrons. The van der Waals surface area contributed by atoms with Gasteiger partial charge in [-0.05, 0) is 73.2 Å². The van der Waals surface area contributed by atoms with Gasteiger partial charge in [-0.25, -0.2) is 4.98 Å². The summed E-state index contributed by atoms with van der Waals surface area (Å²) in [6, 6.07) is 23.4. The number of rotatable bonds is 9. The highest BCUT2D eigenvalue weighted by Gasteiger charge is 2.25. The monoisotopic (exact) mass is 686 g/mol. The zero-order valence-electron chi connectivity index (χ0n) is 27.7. The minimum absolute atomic E-state index is 0.0443. The van der Waals surface area contributed by atoms with Crippen LogP contribution in [0, 0.1) is 0 Å². The summed E-state index contributed by atoms with van der Waals surface area (Å²) in [6.07, 6.45) is 12.2. The molecule has 11 heteroatoms. The van der Waals surface area contributed by atoms with Crippen LogP contribution in [0.2, 0.25) is 5.02 Å². The molecule has 3 aromatic heterocycles. The molecule has 0 spiro atoms. The molecule has 2 fully saturated rings. The number of likely N-dealkylation sites (tertiary alicyclic amines) is 1. The molecule has 0 radical (unpaired) electrons. The molecular formula is C39H39ClN8O2. The molecular weight excluding hydrogens is 648 g/mol. The predicted octanol–water partition coefficient (Wildman–Crippen LogP) is 6.05. The van der Waals surface area contributed by atoms with Gasteiger partial charge in [0.25, 0.3) is 11.8 Å². The number of hydrogen-bond donors (Lipinski definition) is 2. The van der Waals surface area contributed by atoms with E-state index in [0.29, 0.717) is 16.1 Å². The number of hydrogen-bond acceptors (Lipinski definition) is 8. The van der Waals surface area contributed by atoms with Crippen LogP contribution in [0.3, 0.4) is 0 Å². The first-order valence-electron chi connectivity index (χ1n) is 17.1. The van der Waals surface area contributed by atoms with Gasteiger partial charge in [-0.15, -0.1) is 0 Å². The van der Waals surface area contributed by atoms with Gasteiger partial charge in [0.15, 0.2) is 0 Å². The molecule has 5 heterocycles. The van der Waals surface area contributed by atoms with Crippen molar-refractivity contribution in [2.45, 2.75) is 44.3 Å². The smallest absolute Gasteiger partial charge is 0.253 e. The van der Waals surface area contributed by atoms with Crippen LogP contribution in [0.1, 0.15) is 52.0 Å². The van der Waals surface area contributed by atoms with Gasteiger partial charge < -0.3 is 15.5 Å². The van der Waals surface area contributed by atoms with E-state index in [1.807, 2.05) is 67.0 Å². The van der Waals surface area contributed by atoms with E-state index >= 15 is 0 Å². The Kier molecular flexibility index (Phi) is 10.4. The Hall–Kier alpha value is -5.19. The van der Waals surface area contributed by atoms with Crippen molar-refractivity contribution in [1.29, 1.82) is 0 Å². The maximum atomic E-state index is 13.2.